The lowest BCUT2D eigenvalue weighted by Gasteiger charge is -2.29. The monoisotopic (exact) mass is 314 g/mol. The van der Waals surface area contributed by atoms with Gasteiger partial charge in [-0.05, 0) is 38.2 Å². The van der Waals surface area contributed by atoms with Crippen LogP contribution in [0, 0.1) is 5.41 Å². The van der Waals surface area contributed by atoms with E-state index in [0.29, 0.717) is 17.1 Å². The van der Waals surface area contributed by atoms with E-state index in [9.17, 15) is 9.90 Å². The van der Waals surface area contributed by atoms with Crippen molar-refractivity contribution in [3.63, 3.8) is 0 Å². The van der Waals surface area contributed by atoms with Gasteiger partial charge in [0.15, 0.2) is 5.82 Å². The largest absolute Gasteiger partial charge is 0.396 e. The molecule has 0 aliphatic heterocycles. The second kappa shape index (κ2) is 7.61. The highest BCUT2D eigenvalue weighted by Crippen LogP contribution is 2.31. The summed E-state index contributed by atoms with van der Waals surface area (Å²) in [4.78, 5) is 12.2. The summed E-state index contributed by atoms with van der Waals surface area (Å²) in [6, 6.07) is 0.0347. The molecule has 0 aliphatic rings. The molecule has 0 spiro atoms. The van der Waals surface area contributed by atoms with Gasteiger partial charge in [-0.25, -0.2) is 0 Å². The van der Waals surface area contributed by atoms with Crippen LogP contribution in [-0.2, 0) is 0 Å². The van der Waals surface area contributed by atoms with Crippen LogP contribution in [0.15, 0.2) is 0 Å². The van der Waals surface area contributed by atoms with E-state index in [0.717, 1.165) is 12.8 Å². The van der Waals surface area contributed by atoms with Gasteiger partial charge >= 0.3 is 0 Å². The van der Waals surface area contributed by atoms with Crippen molar-refractivity contribution in [2.75, 3.05) is 24.2 Å². The Morgan fingerprint density at radius 3 is 2.52 bits per heavy atom. The van der Waals surface area contributed by atoms with Crippen molar-refractivity contribution in [1.29, 1.82) is 0 Å². The average Bonchev–Trinajstić information content (AvgIpc) is 2.81. The van der Waals surface area contributed by atoms with E-state index in [1.54, 1.807) is 0 Å². The van der Waals surface area contributed by atoms with Crippen LogP contribution in [-0.4, -0.2) is 34.6 Å². The summed E-state index contributed by atoms with van der Waals surface area (Å²) >= 11 is 1.18. The number of hydrogen-bond acceptors (Lipinski definition) is 6. The summed E-state index contributed by atoms with van der Waals surface area (Å²) in [6.45, 7) is 8.58. The number of nitrogens with one attached hydrogen (secondary N) is 2. The molecule has 0 saturated carbocycles. The Morgan fingerprint density at radius 2 is 2.05 bits per heavy atom. The van der Waals surface area contributed by atoms with Crippen molar-refractivity contribution in [3.05, 3.63) is 5.56 Å². The average molecular weight is 314 g/mol. The zero-order chi connectivity index (χ0) is 16.0. The third kappa shape index (κ3) is 4.31. The molecule has 0 atom stereocenters. The van der Waals surface area contributed by atoms with Gasteiger partial charge in [0.05, 0.1) is 6.61 Å². The minimum Gasteiger partial charge on any atom is -0.396 e. The number of nitrogens with zero attached hydrogens (tertiary/aromatic N) is 1. The van der Waals surface area contributed by atoms with E-state index in [2.05, 4.69) is 28.9 Å². The minimum atomic E-state index is -0.221. The second-order valence-electron chi connectivity index (χ2n) is 5.62. The highest BCUT2D eigenvalue weighted by atomic mass is 32.1. The molecule has 1 heterocycles. The fraction of sp³-hybridized carbons (Fsp3) is 0.714. The van der Waals surface area contributed by atoms with Crippen molar-refractivity contribution in [2.45, 2.75) is 46.6 Å². The molecule has 21 heavy (non-hydrogen) atoms. The number of nitrogen functional groups attached to an aromatic ring is 1. The molecule has 5 N–H and O–H groups in total. The van der Waals surface area contributed by atoms with Crippen molar-refractivity contribution in [3.8, 4) is 0 Å². The van der Waals surface area contributed by atoms with Crippen molar-refractivity contribution >= 4 is 28.3 Å². The molecule has 0 radical (unpaired) electrons. The van der Waals surface area contributed by atoms with Crippen LogP contribution in [0.2, 0.25) is 0 Å². The van der Waals surface area contributed by atoms with Crippen LogP contribution in [0.4, 0.5) is 10.8 Å². The summed E-state index contributed by atoms with van der Waals surface area (Å²) in [5.74, 6) is 0.0181. The normalized spacial score (nSPS) is 11.7. The van der Waals surface area contributed by atoms with Crippen molar-refractivity contribution < 1.29 is 9.90 Å². The number of aromatic nitrogens is 1. The zero-order valence-corrected chi connectivity index (χ0v) is 14.0. The number of rotatable bonds is 8. The predicted octanol–water partition coefficient (Wildman–Crippen LogP) is 2.07. The summed E-state index contributed by atoms with van der Waals surface area (Å²) in [6.07, 6.45) is 1.71. The van der Waals surface area contributed by atoms with Gasteiger partial charge in [0.2, 0.25) is 0 Å². The fourth-order valence-corrected chi connectivity index (χ4v) is 2.73. The molecule has 0 fully saturated rings. The molecular weight excluding hydrogens is 288 g/mol. The Hall–Kier alpha value is -1.34. The smallest absolute Gasteiger partial charge is 0.258 e. The molecule has 1 amide bonds. The first-order valence-electron chi connectivity index (χ1n) is 7.29. The lowest BCUT2D eigenvalue weighted by atomic mass is 9.83. The van der Waals surface area contributed by atoms with Gasteiger partial charge in [0.1, 0.15) is 10.6 Å². The molecule has 0 bridgehead atoms. The zero-order valence-electron chi connectivity index (χ0n) is 13.2. The Kier molecular flexibility index (Phi) is 6.42. The number of hydrogen-bond donors (Lipinski definition) is 4. The molecule has 0 unspecified atom stereocenters. The Bertz CT molecular complexity index is 461. The van der Waals surface area contributed by atoms with E-state index in [1.807, 2.05) is 13.8 Å². The topological polar surface area (TPSA) is 100 Å². The maximum atomic E-state index is 12.2. The van der Waals surface area contributed by atoms with Crippen LogP contribution >= 0.6 is 11.5 Å². The minimum absolute atomic E-state index is 0.0347. The van der Waals surface area contributed by atoms with Gasteiger partial charge in [-0.15, -0.1) is 0 Å². The third-order valence-corrected chi connectivity index (χ3v) is 4.64. The number of carbonyl (C=O) groups is 1. The molecule has 1 aromatic rings. The molecule has 1 rings (SSSR count). The van der Waals surface area contributed by atoms with Crippen molar-refractivity contribution in [2.24, 2.45) is 5.41 Å². The third-order valence-electron chi connectivity index (χ3n) is 3.82. The van der Waals surface area contributed by atoms with Crippen LogP contribution in [0.25, 0.3) is 0 Å². The Balaban J connectivity index is 2.88. The van der Waals surface area contributed by atoms with Crippen molar-refractivity contribution in [1.82, 2.24) is 9.69 Å². The maximum absolute atomic E-state index is 12.2. The number of anilines is 2. The van der Waals surface area contributed by atoms with E-state index in [-0.39, 0.29) is 29.8 Å². The van der Waals surface area contributed by atoms with E-state index in [4.69, 9.17) is 5.73 Å². The molecule has 0 aromatic carbocycles. The standard InChI is InChI=1S/C14H26N4O2S/c1-5-14(6-2,8-19)7-16-13-10(11(15)18-21-13)12(20)17-9(3)4/h9,16,19H,5-8H2,1-4H3,(H2,15,18)(H,17,20). The van der Waals surface area contributed by atoms with Gasteiger partial charge in [-0.2, -0.15) is 4.37 Å². The number of nitrogens with two attached hydrogens (primary N) is 1. The van der Waals surface area contributed by atoms with Gasteiger partial charge in [0, 0.05) is 18.0 Å². The maximum Gasteiger partial charge on any atom is 0.258 e. The number of aliphatic hydroxyl groups excluding tert-OH is 1. The lowest BCUT2D eigenvalue weighted by molar-refractivity contribution is 0.0945. The summed E-state index contributed by atoms with van der Waals surface area (Å²) in [7, 11) is 0. The van der Waals surface area contributed by atoms with Gasteiger partial charge in [-0.3, -0.25) is 4.79 Å². The summed E-state index contributed by atoms with van der Waals surface area (Å²) in [5, 5.41) is 16.3. The highest BCUT2D eigenvalue weighted by Gasteiger charge is 2.27. The fourth-order valence-electron chi connectivity index (χ4n) is 2.02. The quantitative estimate of drug-likeness (QED) is 0.588. The molecule has 0 saturated heterocycles. The predicted molar refractivity (Wildman–Crippen MR) is 87.7 cm³/mol. The Morgan fingerprint density at radius 1 is 1.43 bits per heavy atom. The first kappa shape index (κ1) is 17.7. The van der Waals surface area contributed by atoms with Crippen LogP contribution in [0.3, 0.4) is 0 Å². The SMILES string of the molecule is CCC(CC)(CO)CNc1snc(N)c1C(=O)NC(C)C. The second-order valence-corrected chi connectivity index (χ2v) is 6.39. The van der Waals surface area contributed by atoms with Crippen LogP contribution < -0.4 is 16.4 Å². The van der Waals surface area contributed by atoms with Crippen LogP contribution in [0.1, 0.15) is 50.9 Å². The number of carbonyl (C=O) groups excluding carboxylic acids is 1. The Labute approximate surface area is 130 Å². The van der Waals surface area contributed by atoms with Crippen LogP contribution in [0.5, 0.6) is 0 Å². The molecule has 7 heteroatoms. The summed E-state index contributed by atoms with van der Waals surface area (Å²) < 4.78 is 4.06. The van der Waals surface area contributed by atoms with E-state index >= 15 is 0 Å². The molecular formula is C14H26N4O2S. The number of aliphatic hydroxyl groups is 1. The molecule has 1 aromatic heterocycles. The van der Waals surface area contributed by atoms with Gasteiger partial charge in [0.25, 0.3) is 5.91 Å². The first-order valence-corrected chi connectivity index (χ1v) is 8.07. The van der Waals surface area contributed by atoms with E-state index in [1.165, 1.54) is 11.5 Å². The lowest BCUT2D eigenvalue weighted by Crippen LogP contribution is -2.34. The molecule has 0 aliphatic carbocycles. The first-order chi connectivity index (χ1) is 9.89. The van der Waals surface area contributed by atoms with E-state index < -0.39 is 0 Å². The van der Waals surface area contributed by atoms with Gasteiger partial charge < -0.3 is 21.5 Å². The number of amides is 1. The molecule has 6 nitrogen and oxygen atoms in total. The van der Waals surface area contributed by atoms with Gasteiger partial charge in [-0.1, -0.05) is 13.8 Å². The summed E-state index contributed by atoms with van der Waals surface area (Å²) in [5.41, 5.74) is 6.01. The highest BCUT2D eigenvalue weighted by molar-refractivity contribution is 7.11. The molecule has 120 valence electrons.